The summed E-state index contributed by atoms with van der Waals surface area (Å²) in [5.74, 6) is 0.552. The van der Waals surface area contributed by atoms with Crippen LogP contribution in [0.15, 0.2) is 0 Å². The molecule has 0 radical (unpaired) electrons. The van der Waals surface area contributed by atoms with Crippen molar-refractivity contribution in [1.82, 2.24) is 10.2 Å². The van der Waals surface area contributed by atoms with Gasteiger partial charge in [-0.15, -0.1) is 0 Å². The Kier molecular flexibility index (Phi) is 6.27. The van der Waals surface area contributed by atoms with Crippen molar-refractivity contribution in [3.05, 3.63) is 0 Å². The first-order chi connectivity index (χ1) is 8.92. The number of hydrogen-bond acceptors (Lipinski definition) is 4. The van der Waals surface area contributed by atoms with Crippen LogP contribution in [-0.4, -0.2) is 49.2 Å². The number of nitrogens with zero attached hydrogens (tertiary/aromatic N) is 1. The number of nitrogens with one attached hydrogen (secondary N) is 1. The van der Waals surface area contributed by atoms with Crippen molar-refractivity contribution >= 4 is 5.97 Å². The van der Waals surface area contributed by atoms with Crippen LogP contribution in [0.25, 0.3) is 0 Å². The number of ether oxygens (including phenoxy) is 1. The van der Waals surface area contributed by atoms with Crippen LogP contribution in [0.1, 0.15) is 47.0 Å². The molecule has 4 heteroatoms. The van der Waals surface area contributed by atoms with E-state index in [0.717, 1.165) is 26.1 Å². The fraction of sp³-hybridized carbons (Fsp3) is 0.933. The van der Waals surface area contributed by atoms with Gasteiger partial charge in [-0.05, 0) is 45.6 Å². The third-order valence-corrected chi connectivity index (χ3v) is 4.17. The van der Waals surface area contributed by atoms with E-state index in [1.807, 2.05) is 6.92 Å². The molecule has 1 heterocycles. The molecule has 112 valence electrons. The van der Waals surface area contributed by atoms with Crippen LogP contribution in [0.4, 0.5) is 0 Å². The Hall–Kier alpha value is -0.610. The topological polar surface area (TPSA) is 41.6 Å². The molecule has 3 atom stereocenters. The Morgan fingerprint density at radius 1 is 1.42 bits per heavy atom. The minimum Gasteiger partial charge on any atom is -0.468 e. The van der Waals surface area contributed by atoms with Gasteiger partial charge in [-0.25, -0.2) is 0 Å². The minimum absolute atomic E-state index is 0.161. The average molecular weight is 270 g/mol. The summed E-state index contributed by atoms with van der Waals surface area (Å²) in [6.45, 7) is 11.2. The predicted molar refractivity (Wildman–Crippen MR) is 78.1 cm³/mol. The highest BCUT2D eigenvalue weighted by Gasteiger charge is 2.38. The van der Waals surface area contributed by atoms with Gasteiger partial charge in [0.25, 0.3) is 0 Å². The summed E-state index contributed by atoms with van der Waals surface area (Å²) >= 11 is 0. The number of carbonyl (C=O) groups is 1. The van der Waals surface area contributed by atoms with Crippen LogP contribution < -0.4 is 5.32 Å². The maximum Gasteiger partial charge on any atom is 0.327 e. The van der Waals surface area contributed by atoms with Gasteiger partial charge in [0, 0.05) is 19.1 Å². The van der Waals surface area contributed by atoms with Crippen LogP contribution in [0.2, 0.25) is 0 Å². The Labute approximate surface area is 117 Å². The molecule has 1 aliphatic heterocycles. The van der Waals surface area contributed by atoms with Crippen molar-refractivity contribution in [2.24, 2.45) is 5.92 Å². The largest absolute Gasteiger partial charge is 0.468 e. The molecule has 0 aliphatic carbocycles. The van der Waals surface area contributed by atoms with Gasteiger partial charge in [-0.1, -0.05) is 13.8 Å². The molecule has 1 aliphatic rings. The number of methoxy groups -OCH3 is 1. The molecule has 0 bridgehead atoms. The van der Waals surface area contributed by atoms with Crippen LogP contribution in [0, 0.1) is 5.92 Å². The Balaban J connectivity index is 2.72. The van der Waals surface area contributed by atoms with E-state index in [-0.39, 0.29) is 5.97 Å². The molecular weight excluding hydrogens is 240 g/mol. The van der Waals surface area contributed by atoms with Gasteiger partial charge in [0.05, 0.1) is 7.11 Å². The number of carbonyl (C=O) groups excluding carboxylic acids is 1. The standard InChI is InChI=1S/C15H30N2O2/c1-6-9-16-15(4,14(18)19-5)11-17-10-12(2)7-8-13(17)3/h12-13,16H,6-11H2,1-5H3. The zero-order valence-corrected chi connectivity index (χ0v) is 13.2. The van der Waals surface area contributed by atoms with Gasteiger partial charge < -0.3 is 10.1 Å². The molecule has 0 aromatic carbocycles. The monoisotopic (exact) mass is 270 g/mol. The molecule has 1 saturated heterocycles. The lowest BCUT2D eigenvalue weighted by Gasteiger charge is -2.41. The molecule has 19 heavy (non-hydrogen) atoms. The second-order valence-corrected chi connectivity index (χ2v) is 6.21. The summed E-state index contributed by atoms with van der Waals surface area (Å²) in [4.78, 5) is 14.5. The quantitative estimate of drug-likeness (QED) is 0.750. The summed E-state index contributed by atoms with van der Waals surface area (Å²) in [5.41, 5.74) is -0.601. The molecule has 3 unspecified atom stereocenters. The molecular formula is C15H30N2O2. The van der Waals surface area contributed by atoms with Crippen molar-refractivity contribution < 1.29 is 9.53 Å². The van der Waals surface area contributed by atoms with Gasteiger partial charge >= 0.3 is 5.97 Å². The van der Waals surface area contributed by atoms with Crippen molar-refractivity contribution in [2.45, 2.75) is 58.5 Å². The molecule has 0 spiro atoms. The molecule has 0 aromatic heterocycles. The lowest BCUT2D eigenvalue weighted by molar-refractivity contribution is -0.149. The first kappa shape index (κ1) is 16.4. The lowest BCUT2D eigenvalue weighted by Crippen LogP contribution is -2.60. The summed E-state index contributed by atoms with van der Waals surface area (Å²) in [5, 5.41) is 3.36. The molecule has 0 saturated carbocycles. The van der Waals surface area contributed by atoms with E-state index in [4.69, 9.17) is 4.74 Å². The summed E-state index contributed by atoms with van der Waals surface area (Å²) in [7, 11) is 1.47. The summed E-state index contributed by atoms with van der Waals surface area (Å²) in [6, 6.07) is 0.545. The molecule has 1 N–H and O–H groups in total. The third kappa shape index (κ3) is 4.46. The highest BCUT2D eigenvalue weighted by atomic mass is 16.5. The fourth-order valence-corrected chi connectivity index (χ4v) is 2.83. The van der Waals surface area contributed by atoms with Gasteiger partial charge in [0.2, 0.25) is 0 Å². The first-order valence-electron chi connectivity index (χ1n) is 7.50. The van der Waals surface area contributed by atoms with Gasteiger partial charge in [-0.2, -0.15) is 0 Å². The maximum absolute atomic E-state index is 12.1. The number of likely N-dealkylation sites (tertiary alicyclic amines) is 1. The fourth-order valence-electron chi connectivity index (χ4n) is 2.83. The normalized spacial score (nSPS) is 27.8. The smallest absolute Gasteiger partial charge is 0.327 e. The summed E-state index contributed by atoms with van der Waals surface area (Å²) in [6.07, 6.45) is 3.51. The lowest BCUT2D eigenvalue weighted by atomic mass is 9.92. The molecule has 1 fully saturated rings. The third-order valence-electron chi connectivity index (χ3n) is 4.17. The van der Waals surface area contributed by atoms with E-state index in [1.165, 1.54) is 20.0 Å². The predicted octanol–water partition coefficient (Wildman–Crippen LogP) is 2.04. The van der Waals surface area contributed by atoms with Crippen LogP contribution >= 0.6 is 0 Å². The van der Waals surface area contributed by atoms with E-state index >= 15 is 0 Å². The molecule has 4 nitrogen and oxygen atoms in total. The summed E-state index contributed by atoms with van der Waals surface area (Å²) < 4.78 is 4.99. The zero-order chi connectivity index (χ0) is 14.5. The van der Waals surface area contributed by atoms with Gasteiger partial charge in [0.15, 0.2) is 0 Å². The zero-order valence-electron chi connectivity index (χ0n) is 13.2. The molecule has 0 aromatic rings. The van der Waals surface area contributed by atoms with Gasteiger partial charge in [-0.3, -0.25) is 9.69 Å². The average Bonchev–Trinajstić information content (AvgIpc) is 2.39. The van der Waals surface area contributed by atoms with Crippen LogP contribution in [-0.2, 0) is 9.53 Å². The van der Waals surface area contributed by atoms with E-state index < -0.39 is 5.54 Å². The van der Waals surface area contributed by atoms with Crippen LogP contribution in [0.3, 0.4) is 0 Å². The molecule has 0 amide bonds. The number of rotatable bonds is 6. The van der Waals surface area contributed by atoms with E-state index in [2.05, 4.69) is 31.0 Å². The Bertz CT molecular complexity index is 296. The molecule has 1 rings (SSSR count). The van der Waals surface area contributed by atoms with E-state index in [1.54, 1.807) is 0 Å². The number of piperidine rings is 1. The Morgan fingerprint density at radius 2 is 2.11 bits per heavy atom. The minimum atomic E-state index is -0.601. The number of esters is 1. The highest BCUT2D eigenvalue weighted by molar-refractivity contribution is 5.80. The second-order valence-electron chi connectivity index (χ2n) is 6.21. The number of hydrogen-bond donors (Lipinski definition) is 1. The van der Waals surface area contributed by atoms with E-state index in [9.17, 15) is 4.79 Å². The Morgan fingerprint density at radius 3 is 2.68 bits per heavy atom. The maximum atomic E-state index is 12.1. The first-order valence-corrected chi connectivity index (χ1v) is 7.50. The van der Waals surface area contributed by atoms with Crippen molar-refractivity contribution in [3.8, 4) is 0 Å². The SMILES string of the molecule is CCCNC(C)(CN1CC(C)CCC1C)C(=O)OC. The van der Waals surface area contributed by atoms with Crippen molar-refractivity contribution in [1.29, 1.82) is 0 Å². The van der Waals surface area contributed by atoms with Crippen molar-refractivity contribution in [2.75, 3.05) is 26.7 Å². The van der Waals surface area contributed by atoms with Crippen molar-refractivity contribution in [3.63, 3.8) is 0 Å². The van der Waals surface area contributed by atoms with E-state index in [0.29, 0.717) is 12.0 Å². The van der Waals surface area contributed by atoms with Gasteiger partial charge in [0.1, 0.15) is 5.54 Å². The van der Waals surface area contributed by atoms with Crippen LogP contribution in [0.5, 0.6) is 0 Å². The second kappa shape index (κ2) is 7.25. The highest BCUT2D eigenvalue weighted by Crippen LogP contribution is 2.23.